The number of fused-ring (bicyclic) bond motifs is 3. The minimum Gasteiger partial charge on any atom is -0.507 e. The molecule has 1 amide bonds. The molecule has 46 heavy (non-hydrogen) atoms. The first-order valence-electron chi connectivity index (χ1n) is 14.7. The SMILES string of the molecule is CC(OC(=O)Nc1ccccc1)[C@]1(O)Cc2c(O)c3c(c(O)c2[C@@H](O[C@H]2C[C@H](N)[C@H](O)[C@H](C)O2)C1)C(=O)c1ccccc1C3=O.Cl. The van der Waals surface area contributed by atoms with Gasteiger partial charge >= 0.3 is 6.09 Å². The Morgan fingerprint density at radius 1 is 1.02 bits per heavy atom. The van der Waals surface area contributed by atoms with Gasteiger partial charge in [-0.1, -0.05) is 42.5 Å². The summed E-state index contributed by atoms with van der Waals surface area (Å²) in [5, 5.41) is 48.1. The van der Waals surface area contributed by atoms with E-state index in [-0.39, 0.29) is 65.1 Å². The number of anilines is 1. The van der Waals surface area contributed by atoms with Gasteiger partial charge in [-0.05, 0) is 26.0 Å². The monoisotopic (exact) mass is 654 g/mol. The third kappa shape index (κ3) is 5.72. The van der Waals surface area contributed by atoms with Crippen LogP contribution in [0.25, 0.3) is 0 Å². The molecule has 3 aromatic carbocycles. The highest BCUT2D eigenvalue weighted by Gasteiger charge is 2.50. The second kappa shape index (κ2) is 12.6. The van der Waals surface area contributed by atoms with Crippen LogP contribution in [0, 0.1) is 0 Å². The van der Waals surface area contributed by atoms with Crippen LogP contribution in [0.3, 0.4) is 0 Å². The predicted molar refractivity (Wildman–Crippen MR) is 166 cm³/mol. The van der Waals surface area contributed by atoms with Crippen LogP contribution in [0.15, 0.2) is 54.6 Å². The molecule has 7 atom stereocenters. The highest BCUT2D eigenvalue weighted by molar-refractivity contribution is 6.30. The summed E-state index contributed by atoms with van der Waals surface area (Å²) in [5.74, 6) is -2.49. The lowest BCUT2D eigenvalue weighted by molar-refractivity contribution is -0.250. The molecular formula is C33H35ClN2O10. The van der Waals surface area contributed by atoms with Crippen LogP contribution in [-0.4, -0.2) is 74.3 Å². The number of hydrogen-bond acceptors (Lipinski definition) is 11. The van der Waals surface area contributed by atoms with Crippen molar-refractivity contribution in [2.75, 3.05) is 5.32 Å². The molecule has 244 valence electrons. The van der Waals surface area contributed by atoms with Gasteiger partial charge in [0.1, 0.15) is 23.2 Å². The number of aliphatic hydroxyl groups excluding tert-OH is 1. The molecule has 0 spiro atoms. The molecule has 0 bridgehead atoms. The van der Waals surface area contributed by atoms with Crippen LogP contribution in [0.4, 0.5) is 10.5 Å². The Kier molecular flexibility index (Phi) is 9.15. The van der Waals surface area contributed by atoms with E-state index in [1.165, 1.54) is 19.1 Å². The third-order valence-electron chi connectivity index (χ3n) is 8.93. The van der Waals surface area contributed by atoms with Gasteiger partial charge in [-0.2, -0.15) is 0 Å². The number of phenols is 2. The van der Waals surface area contributed by atoms with Crippen LogP contribution in [0.5, 0.6) is 11.5 Å². The zero-order valence-corrected chi connectivity index (χ0v) is 25.8. The fraction of sp³-hybridized carbons (Fsp3) is 0.364. The summed E-state index contributed by atoms with van der Waals surface area (Å²) < 4.78 is 17.6. The quantitative estimate of drug-likeness (QED) is 0.172. The van der Waals surface area contributed by atoms with Crippen molar-refractivity contribution >= 4 is 35.8 Å². The van der Waals surface area contributed by atoms with Gasteiger partial charge in [-0.15, -0.1) is 12.4 Å². The number of phenolic OH excluding ortho intramolecular Hbond substituents is 2. The van der Waals surface area contributed by atoms with Crippen molar-refractivity contribution in [3.05, 3.63) is 88.0 Å². The summed E-state index contributed by atoms with van der Waals surface area (Å²) >= 11 is 0. The summed E-state index contributed by atoms with van der Waals surface area (Å²) in [6.07, 6.45) is -6.49. The molecule has 1 unspecified atom stereocenters. The summed E-state index contributed by atoms with van der Waals surface area (Å²) in [6.45, 7) is 3.09. The highest BCUT2D eigenvalue weighted by Crippen LogP contribution is 2.52. The number of carbonyl (C=O) groups is 3. The first-order chi connectivity index (χ1) is 21.4. The van der Waals surface area contributed by atoms with Crippen LogP contribution < -0.4 is 11.1 Å². The number of carbonyl (C=O) groups excluding carboxylic acids is 3. The second-order valence-corrected chi connectivity index (χ2v) is 11.9. The smallest absolute Gasteiger partial charge is 0.411 e. The number of rotatable bonds is 5. The van der Waals surface area contributed by atoms with E-state index in [1.54, 1.807) is 49.4 Å². The standard InChI is InChI=1S/C33H34N2O10.ClH/c1-15-27(36)21(34)12-23(43-15)45-22-14-33(42,16(2)44-32(41)35-17-8-4-3-5-9-17)13-20-24(22)31(40)26-25(30(20)39)28(37)18-10-6-7-11-19(18)29(26)38;/h3-11,15-16,21-23,27,36,39-40,42H,12-14,34H2,1-2H3,(H,35,41);1H/t15-,16?,21-,22-,23-,27+,33-;/m0./s1. The van der Waals surface area contributed by atoms with Crippen molar-refractivity contribution in [1.29, 1.82) is 0 Å². The lowest BCUT2D eigenvalue weighted by Gasteiger charge is -2.44. The summed E-state index contributed by atoms with van der Waals surface area (Å²) in [5.41, 5.74) is 4.02. The molecular weight excluding hydrogens is 620 g/mol. The number of aromatic hydroxyl groups is 2. The molecule has 12 nitrogen and oxygen atoms in total. The van der Waals surface area contributed by atoms with E-state index in [9.17, 15) is 34.8 Å². The molecule has 7 N–H and O–H groups in total. The molecule has 0 saturated carbocycles. The second-order valence-electron chi connectivity index (χ2n) is 11.9. The number of amides is 1. The Hall–Kier alpha value is -4.04. The van der Waals surface area contributed by atoms with E-state index in [1.807, 2.05) is 0 Å². The molecule has 0 aromatic heterocycles. The van der Waals surface area contributed by atoms with Gasteiger partial charge in [0.05, 0.1) is 29.4 Å². The molecule has 6 rings (SSSR count). The molecule has 0 radical (unpaired) electrons. The largest absolute Gasteiger partial charge is 0.507 e. The van der Waals surface area contributed by atoms with Crippen molar-refractivity contribution in [2.45, 2.75) is 75.5 Å². The maximum absolute atomic E-state index is 13.6. The van der Waals surface area contributed by atoms with Crippen LogP contribution in [0.2, 0.25) is 0 Å². The van der Waals surface area contributed by atoms with Gasteiger partial charge in [-0.3, -0.25) is 14.9 Å². The molecule has 1 fully saturated rings. The fourth-order valence-corrected chi connectivity index (χ4v) is 6.43. The number of ether oxygens (including phenoxy) is 3. The van der Waals surface area contributed by atoms with Gasteiger partial charge in [0.2, 0.25) is 0 Å². The third-order valence-corrected chi connectivity index (χ3v) is 8.93. The average molecular weight is 655 g/mol. The van der Waals surface area contributed by atoms with E-state index in [4.69, 9.17) is 19.9 Å². The maximum atomic E-state index is 13.6. The number of halogens is 1. The van der Waals surface area contributed by atoms with Gasteiger partial charge in [0.25, 0.3) is 0 Å². The predicted octanol–water partition coefficient (Wildman–Crippen LogP) is 3.49. The Morgan fingerprint density at radius 2 is 1.61 bits per heavy atom. The lowest BCUT2D eigenvalue weighted by Crippen LogP contribution is -2.53. The zero-order valence-electron chi connectivity index (χ0n) is 25.0. The molecule has 13 heteroatoms. The van der Waals surface area contributed by atoms with Gasteiger partial charge in [-0.25, -0.2) is 4.79 Å². The number of nitrogens with two attached hydrogens (primary N) is 1. The number of aliphatic hydroxyl groups is 2. The summed E-state index contributed by atoms with van der Waals surface area (Å²) in [7, 11) is 0. The molecule has 2 aliphatic carbocycles. The zero-order chi connectivity index (χ0) is 32.2. The van der Waals surface area contributed by atoms with Crippen LogP contribution in [-0.2, 0) is 20.6 Å². The average Bonchev–Trinajstić information content (AvgIpc) is 3.00. The van der Waals surface area contributed by atoms with Crippen LogP contribution in [0.1, 0.15) is 75.8 Å². The number of para-hydroxylation sites is 1. The number of benzene rings is 3. The topological polar surface area (TPSA) is 198 Å². The summed E-state index contributed by atoms with van der Waals surface area (Å²) in [4.78, 5) is 39.9. The number of hydrogen-bond donors (Lipinski definition) is 6. The first-order valence-corrected chi connectivity index (χ1v) is 14.7. The van der Waals surface area contributed by atoms with E-state index < -0.39 is 71.5 Å². The number of nitrogens with one attached hydrogen (secondary N) is 1. The minimum absolute atomic E-state index is 0. The van der Waals surface area contributed by atoms with Crippen molar-refractivity contribution < 1.29 is 49.0 Å². The summed E-state index contributed by atoms with van der Waals surface area (Å²) in [6, 6.07) is 13.9. The minimum atomic E-state index is -1.88. The highest BCUT2D eigenvalue weighted by atomic mass is 35.5. The molecule has 1 heterocycles. The van der Waals surface area contributed by atoms with Crippen molar-refractivity contribution in [3.8, 4) is 11.5 Å². The van der Waals surface area contributed by atoms with Gasteiger partial charge < -0.3 is 40.4 Å². The molecule has 1 aliphatic heterocycles. The van der Waals surface area contributed by atoms with E-state index >= 15 is 0 Å². The molecule has 3 aliphatic rings. The van der Waals surface area contributed by atoms with E-state index in [0.29, 0.717) is 5.69 Å². The molecule has 1 saturated heterocycles. The van der Waals surface area contributed by atoms with Crippen molar-refractivity contribution in [3.63, 3.8) is 0 Å². The Balaban J connectivity index is 0.00000417. The van der Waals surface area contributed by atoms with Gasteiger partial charge in [0.15, 0.2) is 17.9 Å². The fourth-order valence-electron chi connectivity index (χ4n) is 6.43. The maximum Gasteiger partial charge on any atom is 0.411 e. The van der Waals surface area contributed by atoms with Crippen LogP contribution >= 0.6 is 12.4 Å². The first kappa shape index (κ1) is 33.3. The lowest BCUT2D eigenvalue weighted by atomic mass is 9.71. The number of ketones is 2. The van der Waals surface area contributed by atoms with Crippen molar-refractivity contribution in [1.82, 2.24) is 0 Å². The molecule has 3 aromatic rings. The normalized spacial score (nSPS) is 27.4. The van der Waals surface area contributed by atoms with E-state index in [0.717, 1.165) is 0 Å². The van der Waals surface area contributed by atoms with Gasteiger partial charge in [0, 0.05) is 53.2 Å². The van der Waals surface area contributed by atoms with Crippen molar-refractivity contribution in [2.24, 2.45) is 5.73 Å². The Labute approximate surface area is 270 Å². The van der Waals surface area contributed by atoms with E-state index in [2.05, 4.69) is 5.32 Å². The Morgan fingerprint density at radius 3 is 2.22 bits per heavy atom. The Bertz CT molecular complexity index is 1670.